The van der Waals surface area contributed by atoms with E-state index in [-0.39, 0.29) is 0 Å². The highest BCUT2D eigenvalue weighted by molar-refractivity contribution is 6.67. The second kappa shape index (κ2) is 3.10. The molecule has 3 nitrogen and oxygen atoms in total. The molecule has 0 unspecified atom stereocenters. The van der Waals surface area contributed by atoms with Crippen LogP contribution in [0.25, 0.3) is 0 Å². The summed E-state index contributed by atoms with van der Waals surface area (Å²) in [6, 6.07) is 0. The van der Waals surface area contributed by atoms with E-state index in [0.29, 0.717) is 0 Å². The molecule has 0 bridgehead atoms. The SMILES string of the molecule is O=C(O)C(Cl)(Cl)C(=O)C(F)(F)F. The van der Waals surface area contributed by atoms with Crippen molar-refractivity contribution in [3.8, 4) is 0 Å². The van der Waals surface area contributed by atoms with Crippen molar-refractivity contribution in [1.82, 2.24) is 0 Å². The van der Waals surface area contributed by atoms with Crippen molar-refractivity contribution in [2.75, 3.05) is 0 Å². The Labute approximate surface area is 74.1 Å². The van der Waals surface area contributed by atoms with Gasteiger partial charge in [-0.05, 0) is 0 Å². The maximum atomic E-state index is 11.5. The number of Topliss-reactive ketones (excluding diaryl/α,β-unsaturated/α-hetero) is 1. The van der Waals surface area contributed by atoms with Crippen LogP contribution in [0.2, 0.25) is 0 Å². The lowest BCUT2D eigenvalue weighted by molar-refractivity contribution is -0.174. The first-order valence-corrected chi connectivity index (χ1v) is 3.08. The van der Waals surface area contributed by atoms with E-state index in [0.717, 1.165) is 0 Å². The molecule has 0 aliphatic carbocycles. The third kappa shape index (κ3) is 2.25. The standard InChI is InChI=1S/C4HCl2F3O3/c5-3(6,2(11)12)1(10)4(7,8)9/h(H,11,12). The first kappa shape index (κ1) is 11.5. The van der Waals surface area contributed by atoms with Crippen LogP contribution in [0.15, 0.2) is 0 Å². The Balaban J connectivity index is 4.83. The fraction of sp³-hybridized carbons (Fsp3) is 0.500. The summed E-state index contributed by atoms with van der Waals surface area (Å²) < 4.78 is 31.1. The van der Waals surface area contributed by atoms with Crippen LogP contribution < -0.4 is 0 Å². The van der Waals surface area contributed by atoms with Gasteiger partial charge in [-0.1, -0.05) is 23.2 Å². The molecule has 0 aromatic rings. The van der Waals surface area contributed by atoms with E-state index in [4.69, 9.17) is 5.11 Å². The molecule has 0 amide bonds. The molecule has 0 aromatic carbocycles. The number of rotatable bonds is 2. The van der Waals surface area contributed by atoms with Crippen LogP contribution in [-0.2, 0) is 9.59 Å². The zero-order valence-electron chi connectivity index (χ0n) is 5.15. The second-order valence-electron chi connectivity index (χ2n) is 1.71. The van der Waals surface area contributed by atoms with Crippen LogP contribution >= 0.6 is 23.2 Å². The summed E-state index contributed by atoms with van der Waals surface area (Å²) >= 11 is 9.21. The molecule has 0 aliphatic heterocycles. The lowest BCUT2D eigenvalue weighted by Gasteiger charge is -2.13. The van der Waals surface area contributed by atoms with Crippen LogP contribution in [0.4, 0.5) is 13.2 Å². The van der Waals surface area contributed by atoms with Gasteiger partial charge in [0.25, 0.3) is 10.1 Å². The lowest BCUT2D eigenvalue weighted by atomic mass is 10.2. The third-order valence-electron chi connectivity index (χ3n) is 0.811. The van der Waals surface area contributed by atoms with Gasteiger partial charge in [0.1, 0.15) is 0 Å². The summed E-state index contributed by atoms with van der Waals surface area (Å²) in [5.41, 5.74) is 0. The van der Waals surface area contributed by atoms with Crippen LogP contribution in [0, 0.1) is 0 Å². The number of carbonyl (C=O) groups is 2. The molecule has 8 heteroatoms. The van der Waals surface area contributed by atoms with Gasteiger partial charge in [-0.3, -0.25) is 4.79 Å². The van der Waals surface area contributed by atoms with E-state index < -0.39 is 22.3 Å². The fourth-order valence-corrected chi connectivity index (χ4v) is 0.489. The number of carbonyl (C=O) groups excluding carboxylic acids is 1. The van der Waals surface area contributed by atoms with Gasteiger partial charge in [-0.2, -0.15) is 13.2 Å². The maximum Gasteiger partial charge on any atom is 0.453 e. The van der Waals surface area contributed by atoms with E-state index in [1.54, 1.807) is 0 Å². The van der Waals surface area contributed by atoms with Crippen molar-refractivity contribution < 1.29 is 27.9 Å². The average molecular weight is 225 g/mol. The maximum absolute atomic E-state index is 11.5. The fourth-order valence-electron chi connectivity index (χ4n) is 0.275. The summed E-state index contributed by atoms with van der Waals surface area (Å²) in [6.07, 6.45) is -5.36. The molecule has 0 fully saturated rings. The smallest absolute Gasteiger partial charge is 0.453 e. The van der Waals surface area contributed by atoms with Gasteiger partial charge in [0.15, 0.2) is 0 Å². The van der Waals surface area contributed by atoms with Gasteiger partial charge in [-0.25, -0.2) is 4.79 Å². The number of carboxylic acid groups (broad SMARTS) is 1. The van der Waals surface area contributed by atoms with Crippen molar-refractivity contribution in [2.24, 2.45) is 0 Å². The zero-order valence-corrected chi connectivity index (χ0v) is 6.67. The zero-order chi connectivity index (χ0) is 10.2. The van der Waals surface area contributed by atoms with E-state index >= 15 is 0 Å². The molecule has 12 heavy (non-hydrogen) atoms. The third-order valence-corrected chi connectivity index (χ3v) is 1.48. The number of ketones is 1. The number of carboxylic acids is 1. The molecule has 0 aromatic heterocycles. The minimum atomic E-state index is -5.36. The van der Waals surface area contributed by atoms with E-state index in [1.807, 2.05) is 0 Å². The van der Waals surface area contributed by atoms with Crippen LogP contribution in [0.5, 0.6) is 0 Å². The van der Waals surface area contributed by atoms with E-state index in [1.165, 1.54) is 0 Å². The van der Waals surface area contributed by atoms with Crippen molar-refractivity contribution in [2.45, 2.75) is 10.5 Å². The molecule has 0 saturated carbocycles. The Morgan fingerprint density at radius 1 is 1.17 bits per heavy atom. The Bertz CT molecular complexity index is 222. The Morgan fingerprint density at radius 3 is 1.58 bits per heavy atom. The topological polar surface area (TPSA) is 54.4 Å². The highest BCUT2D eigenvalue weighted by Crippen LogP contribution is 2.31. The number of halogens is 5. The van der Waals surface area contributed by atoms with Gasteiger partial charge in [0, 0.05) is 0 Å². The predicted molar refractivity (Wildman–Crippen MR) is 33.1 cm³/mol. The van der Waals surface area contributed by atoms with Gasteiger partial charge >= 0.3 is 12.1 Å². The van der Waals surface area contributed by atoms with Gasteiger partial charge in [-0.15, -0.1) is 0 Å². The summed E-state index contributed by atoms with van der Waals surface area (Å²) in [5, 5.41) is 7.99. The number of hydrogen-bond donors (Lipinski definition) is 1. The van der Waals surface area contributed by atoms with Gasteiger partial charge in [0.05, 0.1) is 0 Å². The van der Waals surface area contributed by atoms with Gasteiger partial charge in [0.2, 0.25) is 0 Å². The summed E-state index contributed by atoms with van der Waals surface area (Å²) in [6.45, 7) is 0. The molecule has 0 radical (unpaired) electrons. The van der Waals surface area contributed by atoms with Crippen LogP contribution in [0.1, 0.15) is 0 Å². The largest absolute Gasteiger partial charge is 0.479 e. The number of aliphatic carboxylic acids is 1. The monoisotopic (exact) mass is 224 g/mol. The minimum Gasteiger partial charge on any atom is -0.479 e. The van der Waals surface area contributed by atoms with Crippen molar-refractivity contribution in [3.63, 3.8) is 0 Å². The minimum absolute atomic E-state index is 2.26. The highest BCUT2D eigenvalue weighted by atomic mass is 35.5. The van der Waals surface area contributed by atoms with Crippen molar-refractivity contribution >= 4 is 35.0 Å². The van der Waals surface area contributed by atoms with Crippen LogP contribution in [-0.4, -0.2) is 27.4 Å². The normalized spacial score (nSPS) is 12.8. The molecule has 70 valence electrons. The molecule has 0 heterocycles. The Morgan fingerprint density at radius 2 is 1.50 bits per heavy atom. The Hall–Kier alpha value is -0.490. The highest BCUT2D eigenvalue weighted by Gasteiger charge is 2.56. The summed E-state index contributed by atoms with van der Waals surface area (Å²) in [7, 11) is 0. The number of alkyl halides is 5. The molecular formula is C4HCl2F3O3. The molecule has 1 N–H and O–H groups in total. The average Bonchev–Trinajstić information content (AvgIpc) is 1.83. The van der Waals surface area contributed by atoms with E-state index in [9.17, 15) is 22.8 Å². The second-order valence-corrected chi connectivity index (χ2v) is 3.03. The summed E-state index contributed by atoms with van der Waals surface area (Å²) in [4.78, 5) is 20.1. The Kier molecular flexibility index (Phi) is 2.97. The quantitative estimate of drug-likeness (QED) is 0.570. The van der Waals surface area contributed by atoms with E-state index in [2.05, 4.69) is 23.2 Å². The van der Waals surface area contributed by atoms with Crippen molar-refractivity contribution in [1.29, 1.82) is 0 Å². The van der Waals surface area contributed by atoms with Crippen molar-refractivity contribution in [3.05, 3.63) is 0 Å². The number of hydrogen-bond acceptors (Lipinski definition) is 2. The first-order valence-electron chi connectivity index (χ1n) is 2.33. The molecule has 0 atom stereocenters. The van der Waals surface area contributed by atoms with Crippen LogP contribution in [0.3, 0.4) is 0 Å². The molecule has 0 saturated heterocycles. The van der Waals surface area contributed by atoms with Gasteiger partial charge < -0.3 is 5.11 Å². The molecule has 0 aliphatic rings. The summed E-state index contributed by atoms with van der Waals surface area (Å²) in [5.74, 6) is -4.97. The molecule has 0 rings (SSSR count). The molecule has 0 spiro atoms. The lowest BCUT2D eigenvalue weighted by Crippen LogP contribution is -2.44. The molecular weight excluding hydrogens is 224 g/mol. The predicted octanol–water partition coefficient (Wildman–Crippen LogP) is 1.38. The first-order chi connectivity index (χ1) is 5.10.